The van der Waals surface area contributed by atoms with Crippen molar-refractivity contribution in [2.45, 2.75) is 13.2 Å². The van der Waals surface area contributed by atoms with Gasteiger partial charge in [-0.15, -0.1) is 0 Å². The molecule has 2 aromatic carbocycles. The molecule has 1 aromatic heterocycles. The molecule has 3 N–H and O–H groups in total. The Bertz CT molecular complexity index is 874. The maximum Gasteiger partial charge on any atom is 0.267 e. The second-order valence-corrected chi connectivity index (χ2v) is 5.18. The normalized spacial score (nSPS) is 10.9. The number of nitrogens with one attached hydrogen (secondary N) is 2. The van der Waals surface area contributed by atoms with Gasteiger partial charge in [-0.05, 0) is 35.9 Å². The van der Waals surface area contributed by atoms with Gasteiger partial charge in [-0.2, -0.15) is 0 Å². The number of H-pyrrole nitrogens is 1. The first-order valence-corrected chi connectivity index (χ1v) is 7.01. The monoisotopic (exact) mass is 316 g/mol. The number of rotatable bonds is 4. The van der Waals surface area contributed by atoms with Crippen LogP contribution in [0.15, 0.2) is 42.5 Å². The number of aromatic nitrogens is 1. The molecule has 23 heavy (non-hydrogen) atoms. The molecule has 0 spiro atoms. The fourth-order valence-electron chi connectivity index (χ4n) is 2.33. The minimum atomic E-state index is -0.514. The highest BCUT2D eigenvalue weighted by molar-refractivity contribution is 5.97. The van der Waals surface area contributed by atoms with Gasteiger partial charge < -0.3 is 15.4 Å². The molecule has 0 aliphatic carbocycles. The lowest BCUT2D eigenvalue weighted by atomic mass is 10.1. The number of aliphatic hydroxyl groups is 1. The lowest BCUT2D eigenvalue weighted by Gasteiger charge is -2.06. The van der Waals surface area contributed by atoms with Gasteiger partial charge in [0.05, 0.1) is 6.61 Å². The van der Waals surface area contributed by atoms with E-state index in [1.165, 1.54) is 24.3 Å². The zero-order valence-electron chi connectivity index (χ0n) is 12.1. The Hall–Kier alpha value is -2.73. The highest BCUT2D eigenvalue weighted by atomic mass is 19.1. The van der Waals surface area contributed by atoms with Gasteiger partial charge >= 0.3 is 0 Å². The first-order valence-electron chi connectivity index (χ1n) is 7.01. The molecule has 0 radical (unpaired) electrons. The van der Waals surface area contributed by atoms with Crippen LogP contribution in [-0.4, -0.2) is 16.0 Å². The largest absolute Gasteiger partial charge is 0.392 e. The summed E-state index contributed by atoms with van der Waals surface area (Å²) in [5.74, 6) is -1.25. The molecule has 6 heteroatoms. The number of hydrogen-bond donors (Lipinski definition) is 3. The maximum atomic E-state index is 13.6. The zero-order valence-corrected chi connectivity index (χ0v) is 12.1. The van der Waals surface area contributed by atoms with Crippen LogP contribution in [0.1, 0.15) is 21.6 Å². The van der Waals surface area contributed by atoms with Crippen molar-refractivity contribution in [1.82, 2.24) is 10.3 Å². The molecule has 0 aliphatic heterocycles. The van der Waals surface area contributed by atoms with E-state index in [4.69, 9.17) is 5.11 Å². The molecule has 118 valence electrons. The van der Waals surface area contributed by atoms with Crippen LogP contribution in [0.4, 0.5) is 8.78 Å². The predicted octanol–water partition coefficient (Wildman–Crippen LogP) is 2.87. The van der Waals surface area contributed by atoms with E-state index in [0.717, 1.165) is 0 Å². The Morgan fingerprint density at radius 2 is 1.96 bits per heavy atom. The summed E-state index contributed by atoms with van der Waals surface area (Å²) < 4.78 is 26.7. The molecule has 0 unspecified atom stereocenters. The van der Waals surface area contributed by atoms with Gasteiger partial charge in [0.1, 0.15) is 17.3 Å². The first-order chi connectivity index (χ1) is 11.1. The second-order valence-electron chi connectivity index (χ2n) is 5.18. The van der Waals surface area contributed by atoms with Gasteiger partial charge in [0.25, 0.3) is 5.91 Å². The van der Waals surface area contributed by atoms with Crippen molar-refractivity contribution < 1.29 is 18.7 Å². The number of amides is 1. The molecular formula is C17H14F2N2O2. The summed E-state index contributed by atoms with van der Waals surface area (Å²) in [6.45, 7) is -0.227. The summed E-state index contributed by atoms with van der Waals surface area (Å²) in [7, 11) is 0. The Morgan fingerprint density at radius 1 is 1.13 bits per heavy atom. The van der Waals surface area contributed by atoms with Crippen LogP contribution in [-0.2, 0) is 13.2 Å². The lowest BCUT2D eigenvalue weighted by Crippen LogP contribution is -2.23. The smallest absolute Gasteiger partial charge is 0.267 e. The molecule has 1 heterocycles. The number of carbonyl (C=O) groups is 1. The van der Waals surface area contributed by atoms with Crippen LogP contribution in [0.2, 0.25) is 0 Å². The van der Waals surface area contributed by atoms with Gasteiger partial charge in [0.2, 0.25) is 0 Å². The van der Waals surface area contributed by atoms with Crippen molar-refractivity contribution in [2.24, 2.45) is 0 Å². The topological polar surface area (TPSA) is 65.1 Å². The summed E-state index contributed by atoms with van der Waals surface area (Å²) in [6, 6.07) is 10.1. The van der Waals surface area contributed by atoms with E-state index in [2.05, 4.69) is 10.3 Å². The van der Waals surface area contributed by atoms with Crippen molar-refractivity contribution in [1.29, 1.82) is 0 Å². The number of halogens is 2. The molecule has 3 aromatic rings. The Morgan fingerprint density at radius 3 is 2.70 bits per heavy atom. The molecular weight excluding hydrogens is 302 g/mol. The van der Waals surface area contributed by atoms with Crippen molar-refractivity contribution in [3.63, 3.8) is 0 Å². The Balaban J connectivity index is 1.72. The quantitative estimate of drug-likeness (QED) is 0.693. The third kappa shape index (κ3) is 3.22. The molecule has 0 saturated heterocycles. The number of carbonyl (C=O) groups excluding carboxylic acids is 1. The average Bonchev–Trinajstić information content (AvgIpc) is 2.95. The van der Waals surface area contributed by atoms with Gasteiger partial charge in [-0.1, -0.05) is 12.1 Å². The summed E-state index contributed by atoms with van der Waals surface area (Å²) >= 11 is 0. The van der Waals surface area contributed by atoms with E-state index in [0.29, 0.717) is 22.2 Å². The van der Waals surface area contributed by atoms with Gasteiger partial charge in [-0.3, -0.25) is 4.79 Å². The second kappa shape index (κ2) is 6.18. The van der Waals surface area contributed by atoms with Crippen molar-refractivity contribution >= 4 is 16.8 Å². The lowest BCUT2D eigenvalue weighted by molar-refractivity contribution is 0.0946. The molecule has 0 saturated carbocycles. The zero-order chi connectivity index (χ0) is 16.4. The van der Waals surface area contributed by atoms with Gasteiger partial charge in [-0.25, -0.2) is 8.78 Å². The fourth-order valence-corrected chi connectivity index (χ4v) is 2.33. The summed E-state index contributed by atoms with van der Waals surface area (Å²) in [5, 5.41) is 12.2. The fraction of sp³-hybridized carbons (Fsp3) is 0.118. The molecule has 0 fully saturated rings. The molecule has 3 rings (SSSR count). The number of aliphatic hydroxyl groups excluding tert-OH is 1. The van der Waals surface area contributed by atoms with E-state index >= 15 is 0 Å². The Kier molecular flexibility index (Phi) is 4.08. The number of fused-ring (bicyclic) bond motifs is 1. The van der Waals surface area contributed by atoms with E-state index in [1.807, 2.05) is 0 Å². The van der Waals surface area contributed by atoms with Crippen LogP contribution >= 0.6 is 0 Å². The van der Waals surface area contributed by atoms with Gasteiger partial charge in [0, 0.05) is 23.0 Å². The number of benzene rings is 2. The summed E-state index contributed by atoms with van der Waals surface area (Å²) in [4.78, 5) is 15.0. The maximum absolute atomic E-state index is 13.6. The van der Waals surface area contributed by atoms with Crippen LogP contribution in [0.25, 0.3) is 10.9 Å². The minimum absolute atomic E-state index is 0.144. The van der Waals surface area contributed by atoms with Crippen molar-refractivity contribution in [3.8, 4) is 0 Å². The third-order valence-electron chi connectivity index (χ3n) is 3.57. The van der Waals surface area contributed by atoms with Crippen LogP contribution < -0.4 is 5.32 Å². The number of hydrogen-bond acceptors (Lipinski definition) is 2. The first kappa shape index (κ1) is 15.2. The van der Waals surface area contributed by atoms with Crippen molar-refractivity contribution in [3.05, 3.63) is 70.9 Å². The Labute approximate surface area is 130 Å². The third-order valence-corrected chi connectivity index (χ3v) is 3.57. The van der Waals surface area contributed by atoms with Crippen LogP contribution in [0, 0.1) is 11.6 Å². The van der Waals surface area contributed by atoms with E-state index in [1.54, 1.807) is 18.2 Å². The van der Waals surface area contributed by atoms with E-state index < -0.39 is 5.82 Å². The summed E-state index contributed by atoms with van der Waals surface area (Å²) in [5.41, 5.74) is 1.75. The summed E-state index contributed by atoms with van der Waals surface area (Å²) in [6.07, 6.45) is 0. The standard InChI is InChI=1S/C17H14F2N2O2/c18-13-3-4-15-12(6-13)7-16(21-15)17(23)20-8-10-1-2-11(9-22)14(19)5-10/h1-7,21-22H,8-9H2,(H,20,23). The average molecular weight is 316 g/mol. The molecule has 1 amide bonds. The SMILES string of the molecule is O=C(NCc1ccc(CO)c(F)c1)c1cc2cc(F)ccc2[nH]1. The minimum Gasteiger partial charge on any atom is -0.392 e. The van der Waals surface area contributed by atoms with E-state index in [9.17, 15) is 13.6 Å². The van der Waals surface area contributed by atoms with Crippen molar-refractivity contribution in [2.75, 3.05) is 0 Å². The molecule has 0 aliphatic rings. The predicted molar refractivity (Wildman–Crippen MR) is 81.7 cm³/mol. The molecule has 0 atom stereocenters. The molecule has 0 bridgehead atoms. The highest BCUT2D eigenvalue weighted by Crippen LogP contribution is 2.17. The molecule has 4 nitrogen and oxygen atoms in total. The van der Waals surface area contributed by atoms with Gasteiger partial charge in [0.15, 0.2) is 0 Å². The number of aromatic amines is 1. The highest BCUT2D eigenvalue weighted by Gasteiger charge is 2.10. The van der Waals surface area contributed by atoms with E-state index in [-0.39, 0.29) is 30.4 Å². The van der Waals surface area contributed by atoms with Crippen LogP contribution in [0.3, 0.4) is 0 Å². The van der Waals surface area contributed by atoms with Crippen LogP contribution in [0.5, 0.6) is 0 Å².